The van der Waals surface area contributed by atoms with Crippen molar-refractivity contribution < 1.29 is 18.0 Å². The van der Waals surface area contributed by atoms with E-state index in [0.717, 1.165) is 0 Å². The molecular weight excluding hydrogens is 350 g/mol. The average molecular weight is 364 g/mol. The highest BCUT2D eigenvalue weighted by molar-refractivity contribution is 7.99. The van der Waals surface area contributed by atoms with Crippen molar-refractivity contribution in [2.24, 2.45) is 0 Å². The second-order valence-corrected chi connectivity index (χ2v) is 6.19. The first-order valence-corrected chi connectivity index (χ1v) is 8.34. The molecule has 0 bridgehead atoms. The van der Waals surface area contributed by atoms with Gasteiger partial charge in [-0.25, -0.2) is 4.79 Å². The number of alkyl halides is 2. The maximum Gasteiger partial charge on any atom is 0.419 e. The number of hydrogen-bond donors (Lipinski definition) is 1. The third-order valence-corrected chi connectivity index (χ3v) is 4.30. The van der Waals surface area contributed by atoms with E-state index in [1.807, 2.05) is 0 Å². The Morgan fingerprint density at radius 2 is 1.88 bits per heavy atom. The lowest BCUT2D eigenvalue weighted by Gasteiger charge is -2.10. The smallest absolute Gasteiger partial charge is 0.408 e. The number of aryl methyl sites for hydroxylation is 1. The SMILES string of the molecule is O=C(CCn1c(=O)oc2ccccc21)Nc1ccccc1SC(F)F. The zero-order valence-electron chi connectivity index (χ0n) is 12.9. The van der Waals surface area contributed by atoms with Crippen LogP contribution in [-0.4, -0.2) is 16.2 Å². The van der Waals surface area contributed by atoms with Gasteiger partial charge in [0.2, 0.25) is 5.91 Å². The first-order chi connectivity index (χ1) is 12.0. The first-order valence-electron chi connectivity index (χ1n) is 7.46. The number of nitrogens with one attached hydrogen (secondary N) is 1. The maximum atomic E-state index is 12.6. The van der Waals surface area contributed by atoms with Crippen molar-refractivity contribution in [1.29, 1.82) is 0 Å². The van der Waals surface area contributed by atoms with Crippen molar-refractivity contribution in [3.63, 3.8) is 0 Å². The number of carbonyl (C=O) groups excluding carboxylic acids is 1. The van der Waals surface area contributed by atoms with Gasteiger partial charge in [-0.15, -0.1) is 0 Å². The molecule has 130 valence electrons. The Hall–Kier alpha value is -2.61. The van der Waals surface area contributed by atoms with E-state index in [9.17, 15) is 18.4 Å². The standard InChI is InChI=1S/C17H14F2N2O3S/c18-16(19)25-14-8-4-1-5-11(14)20-15(22)9-10-21-12-6-2-3-7-13(12)24-17(21)23/h1-8,16H,9-10H2,(H,20,22). The Balaban J connectivity index is 1.69. The minimum absolute atomic E-state index is 0.0110. The number of rotatable bonds is 6. The van der Waals surface area contributed by atoms with Crippen LogP contribution in [-0.2, 0) is 11.3 Å². The number of fused-ring (bicyclic) bond motifs is 1. The normalized spacial score (nSPS) is 11.2. The van der Waals surface area contributed by atoms with E-state index in [4.69, 9.17) is 4.42 Å². The predicted molar refractivity (Wildman–Crippen MR) is 92.0 cm³/mol. The van der Waals surface area contributed by atoms with E-state index in [1.54, 1.807) is 42.5 Å². The number of thioether (sulfide) groups is 1. The lowest BCUT2D eigenvalue weighted by atomic mass is 10.3. The third-order valence-electron chi connectivity index (χ3n) is 3.51. The summed E-state index contributed by atoms with van der Waals surface area (Å²) in [6.45, 7) is 0.131. The molecule has 0 aliphatic rings. The van der Waals surface area contributed by atoms with Gasteiger partial charge in [0.25, 0.3) is 5.76 Å². The topological polar surface area (TPSA) is 64.2 Å². The number of aromatic nitrogens is 1. The third kappa shape index (κ3) is 4.08. The highest BCUT2D eigenvalue weighted by atomic mass is 32.2. The highest BCUT2D eigenvalue weighted by Gasteiger charge is 2.13. The first kappa shape index (κ1) is 17.2. The summed E-state index contributed by atoms with van der Waals surface area (Å²) in [6, 6.07) is 13.3. The molecular formula is C17H14F2N2O3S. The van der Waals surface area contributed by atoms with E-state index in [-0.39, 0.29) is 23.8 Å². The van der Waals surface area contributed by atoms with Crippen molar-refractivity contribution in [2.45, 2.75) is 23.6 Å². The lowest BCUT2D eigenvalue weighted by Crippen LogP contribution is -2.20. The Labute approximate surface area is 145 Å². The fourth-order valence-electron chi connectivity index (χ4n) is 2.42. The van der Waals surface area contributed by atoms with Crippen molar-refractivity contribution in [2.75, 3.05) is 5.32 Å². The van der Waals surface area contributed by atoms with Crippen molar-refractivity contribution in [3.8, 4) is 0 Å². The molecule has 3 aromatic rings. The number of anilines is 1. The average Bonchev–Trinajstić information content (AvgIpc) is 2.89. The fraction of sp³-hybridized carbons (Fsp3) is 0.176. The van der Waals surface area contributed by atoms with Gasteiger partial charge in [-0.1, -0.05) is 36.0 Å². The zero-order chi connectivity index (χ0) is 17.8. The van der Waals surface area contributed by atoms with Gasteiger partial charge in [-0.05, 0) is 24.3 Å². The van der Waals surface area contributed by atoms with Crippen LogP contribution in [0.1, 0.15) is 6.42 Å². The summed E-state index contributed by atoms with van der Waals surface area (Å²) in [5.74, 6) is -3.49. The summed E-state index contributed by atoms with van der Waals surface area (Å²) in [7, 11) is 0. The molecule has 0 aliphatic heterocycles. The number of halogens is 2. The van der Waals surface area contributed by atoms with E-state index >= 15 is 0 Å². The molecule has 0 aliphatic carbocycles. The zero-order valence-corrected chi connectivity index (χ0v) is 13.8. The summed E-state index contributed by atoms with van der Waals surface area (Å²) < 4.78 is 31.6. The molecule has 2 aromatic carbocycles. The molecule has 0 radical (unpaired) electrons. The van der Waals surface area contributed by atoms with Crippen molar-refractivity contribution >= 4 is 34.5 Å². The number of nitrogens with zero attached hydrogens (tertiary/aromatic N) is 1. The molecule has 0 atom stereocenters. The van der Waals surface area contributed by atoms with Crippen LogP contribution in [0.3, 0.4) is 0 Å². The quantitative estimate of drug-likeness (QED) is 0.673. The van der Waals surface area contributed by atoms with Crippen LogP contribution >= 0.6 is 11.8 Å². The molecule has 3 rings (SSSR count). The van der Waals surface area contributed by atoms with Gasteiger partial charge < -0.3 is 9.73 Å². The predicted octanol–water partition coefficient (Wildman–Crippen LogP) is 3.94. The van der Waals surface area contributed by atoms with Crippen LogP contribution in [0.4, 0.5) is 14.5 Å². The number of para-hydroxylation sites is 3. The van der Waals surface area contributed by atoms with Gasteiger partial charge in [0, 0.05) is 17.9 Å². The van der Waals surface area contributed by atoms with Gasteiger partial charge >= 0.3 is 5.76 Å². The molecule has 0 saturated carbocycles. The summed E-state index contributed by atoms with van der Waals surface area (Å²) in [5.41, 5.74) is 1.38. The number of benzene rings is 2. The maximum absolute atomic E-state index is 12.6. The summed E-state index contributed by atoms with van der Waals surface area (Å²) in [4.78, 5) is 24.3. The van der Waals surface area contributed by atoms with E-state index in [0.29, 0.717) is 28.5 Å². The molecule has 25 heavy (non-hydrogen) atoms. The minimum Gasteiger partial charge on any atom is -0.408 e. The molecule has 0 fully saturated rings. The lowest BCUT2D eigenvalue weighted by molar-refractivity contribution is -0.116. The van der Waals surface area contributed by atoms with E-state index < -0.39 is 11.5 Å². The number of amides is 1. The number of carbonyl (C=O) groups is 1. The van der Waals surface area contributed by atoms with Crippen LogP contribution in [0.25, 0.3) is 11.1 Å². The van der Waals surface area contributed by atoms with Crippen molar-refractivity contribution in [1.82, 2.24) is 4.57 Å². The Bertz CT molecular complexity index is 952. The summed E-state index contributed by atoms with van der Waals surface area (Å²) in [6.07, 6.45) is 0.0110. The summed E-state index contributed by atoms with van der Waals surface area (Å²) in [5, 5.41) is 2.61. The molecule has 0 saturated heterocycles. The monoisotopic (exact) mass is 364 g/mol. The molecule has 1 aromatic heterocycles. The van der Waals surface area contributed by atoms with Crippen LogP contribution in [0.2, 0.25) is 0 Å². The molecule has 1 N–H and O–H groups in total. The van der Waals surface area contributed by atoms with Crippen LogP contribution in [0.15, 0.2) is 62.6 Å². The van der Waals surface area contributed by atoms with Crippen LogP contribution in [0.5, 0.6) is 0 Å². The van der Waals surface area contributed by atoms with Crippen LogP contribution in [0, 0.1) is 0 Å². The molecule has 8 heteroatoms. The van der Waals surface area contributed by atoms with Gasteiger partial charge in [-0.3, -0.25) is 9.36 Å². The second kappa shape index (κ2) is 7.52. The van der Waals surface area contributed by atoms with E-state index in [1.165, 1.54) is 10.6 Å². The molecule has 0 spiro atoms. The molecule has 0 unspecified atom stereocenters. The summed E-state index contributed by atoms with van der Waals surface area (Å²) >= 11 is 0.369. The molecule has 1 amide bonds. The van der Waals surface area contributed by atoms with E-state index in [2.05, 4.69) is 5.32 Å². The Kier molecular flexibility index (Phi) is 5.18. The number of hydrogen-bond acceptors (Lipinski definition) is 4. The fourth-order valence-corrected chi connectivity index (χ4v) is 3.02. The van der Waals surface area contributed by atoms with Crippen LogP contribution < -0.4 is 11.1 Å². The van der Waals surface area contributed by atoms with Gasteiger partial charge in [0.05, 0.1) is 11.2 Å². The largest absolute Gasteiger partial charge is 0.419 e. The van der Waals surface area contributed by atoms with Crippen molar-refractivity contribution in [3.05, 3.63) is 59.1 Å². The second-order valence-electron chi connectivity index (χ2n) is 5.16. The van der Waals surface area contributed by atoms with Gasteiger partial charge in [0.15, 0.2) is 5.58 Å². The Morgan fingerprint density at radius 3 is 2.68 bits per heavy atom. The highest BCUT2D eigenvalue weighted by Crippen LogP contribution is 2.31. The molecule has 1 heterocycles. The molecule has 5 nitrogen and oxygen atoms in total. The minimum atomic E-state index is -2.58. The Morgan fingerprint density at radius 1 is 1.16 bits per heavy atom. The number of oxazole rings is 1. The van der Waals surface area contributed by atoms with Gasteiger partial charge in [0.1, 0.15) is 0 Å². The van der Waals surface area contributed by atoms with Gasteiger partial charge in [-0.2, -0.15) is 8.78 Å².